The van der Waals surface area contributed by atoms with Crippen molar-refractivity contribution in [2.45, 2.75) is 45.4 Å². The van der Waals surface area contributed by atoms with Crippen LogP contribution in [0.5, 0.6) is 0 Å². The third-order valence-electron chi connectivity index (χ3n) is 7.41. The zero-order valence-electron chi connectivity index (χ0n) is 22.9. The van der Waals surface area contributed by atoms with Crippen LogP contribution in [0.3, 0.4) is 0 Å². The summed E-state index contributed by atoms with van der Waals surface area (Å²) in [4.78, 5) is 0. The Labute approximate surface area is 233 Å². The third kappa shape index (κ3) is 7.39. The largest absolute Gasteiger partial charge is 0.399 e. The molecule has 5 aromatic rings. The van der Waals surface area contributed by atoms with Gasteiger partial charge in [0, 0.05) is 11.4 Å². The topological polar surface area (TPSA) is 52.0 Å². The van der Waals surface area contributed by atoms with E-state index in [1.807, 2.05) is 24.3 Å². The molecule has 39 heavy (non-hydrogen) atoms. The highest BCUT2D eigenvalue weighted by Crippen LogP contribution is 2.22. The summed E-state index contributed by atoms with van der Waals surface area (Å²) < 4.78 is 0. The monoisotopic (exact) mass is 510 g/mol. The van der Waals surface area contributed by atoms with Gasteiger partial charge in [0.05, 0.1) is 0 Å². The Kier molecular flexibility index (Phi) is 8.43. The van der Waals surface area contributed by atoms with Gasteiger partial charge in [-0.1, -0.05) is 104 Å². The molecule has 5 rings (SSSR count). The van der Waals surface area contributed by atoms with Crippen LogP contribution in [-0.2, 0) is 32.1 Å². The summed E-state index contributed by atoms with van der Waals surface area (Å²) in [6, 6.07) is 41.5. The second-order valence-corrected chi connectivity index (χ2v) is 10.7. The fourth-order valence-electron chi connectivity index (χ4n) is 5.21. The van der Waals surface area contributed by atoms with Crippen molar-refractivity contribution in [3.05, 3.63) is 165 Å². The van der Waals surface area contributed by atoms with Crippen molar-refractivity contribution < 1.29 is 0 Å². The second kappa shape index (κ2) is 12.5. The van der Waals surface area contributed by atoms with Crippen molar-refractivity contribution in [2.75, 3.05) is 11.5 Å². The highest BCUT2D eigenvalue weighted by Gasteiger charge is 2.07. The molecule has 0 aliphatic carbocycles. The SMILES string of the molecule is CCCc1cc(Cc2ccc(Cc3ccc(Cc4ccc(N)cc4)cc3)cc2)ccc1Cc1ccc(N)cc1. The van der Waals surface area contributed by atoms with E-state index in [9.17, 15) is 0 Å². The molecule has 0 spiro atoms. The predicted octanol–water partition coefficient (Wildman–Crippen LogP) is 8.17. The van der Waals surface area contributed by atoms with Gasteiger partial charge in [0.2, 0.25) is 0 Å². The van der Waals surface area contributed by atoms with E-state index < -0.39 is 0 Å². The Hall–Kier alpha value is -4.30. The molecule has 5 aromatic carbocycles. The summed E-state index contributed by atoms with van der Waals surface area (Å²) in [5.41, 5.74) is 25.5. The smallest absolute Gasteiger partial charge is 0.0314 e. The lowest BCUT2D eigenvalue weighted by molar-refractivity contribution is 0.900. The molecule has 4 N–H and O–H groups in total. The molecule has 0 fully saturated rings. The summed E-state index contributed by atoms with van der Waals surface area (Å²) in [7, 11) is 0. The van der Waals surface area contributed by atoms with Gasteiger partial charge in [0.15, 0.2) is 0 Å². The Balaban J connectivity index is 1.20. The number of rotatable bonds is 10. The van der Waals surface area contributed by atoms with E-state index in [-0.39, 0.29) is 0 Å². The fourth-order valence-corrected chi connectivity index (χ4v) is 5.21. The molecule has 0 atom stereocenters. The number of nitrogen functional groups attached to an aromatic ring is 2. The van der Waals surface area contributed by atoms with E-state index >= 15 is 0 Å². The van der Waals surface area contributed by atoms with Gasteiger partial charge in [0.25, 0.3) is 0 Å². The minimum Gasteiger partial charge on any atom is -0.399 e. The van der Waals surface area contributed by atoms with Crippen LogP contribution < -0.4 is 11.5 Å². The molecule has 196 valence electrons. The first-order chi connectivity index (χ1) is 19.0. The number of hydrogen-bond donors (Lipinski definition) is 2. The summed E-state index contributed by atoms with van der Waals surface area (Å²) in [6.07, 6.45) is 6.04. The maximum Gasteiger partial charge on any atom is 0.0314 e. The average Bonchev–Trinajstić information content (AvgIpc) is 2.95. The van der Waals surface area contributed by atoms with Crippen molar-refractivity contribution in [1.29, 1.82) is 0 Å². The van der Waals surface area contributed by atoms with Crippen LogP contribution in [-0.4, -0.2) is 0 Å². The molecule has 0 aliphatic heterocycles. The van der Waals surface area contributed by atoms with Crippen LogP contribution in [0, 0.1) is 0 Å². The molecule has 0 radical (unpaired) electrons. The molecule has 0 saturated heterocycles. The molecule has 0 bridgehead atoms. The maximum atomic E-state index is 5.87. The summed E-state index contributed by atoms with van der Waals surface area (Å²) in [6.45, 7) is 2.26. The van der Waals surface area contributed by atoms with Crippen LogP contribution in [0.2, 0.25) is 0 Å². The van der Waals surface area contributed by atoms with E-state index in [4.69, 9.17) is 11.5 Å². The predicted molar refractivity (Wildman–Crippen MR) is 166 cm³/mol. The van der Waals surface area contributed by atoms with E-state index in [2.05, 4.69) is 97.9 Å². The molecule has 0 saturated carbocycles. The summed E-state index contributed by atoms with van der Waals surface area (Å²) in [5, 5.41) is 0. The Morgan fingerprint density at radius 2 is 0.718 bits per heavy atom. The van der Waals surface area contributed by atoms with Crippen LogP contribution in [0.15, 0.2) is 115 Å². The van der Waals surface area contributed by atoms with Gasteiger partial charge in [-0.15, -0.1) is 0 Å². The van der Waals surface area contributed by atoms with E-state index in [1.165, 1.54) is 50.1 Å². The molecule has 0 aromatic heterocycles. The first-order valence-electron chi connectivity index (χ1n) is 14.0. The quantitative estimate of drug-likeness (QED) is 0.186. The van der Waals surface area contributed by atoms with E-state index in [0.717, 1.165) is 49.9 Å². The normalized spacial score (nSPS) is 11.0. The number of hydrogen-bond acceptors (Lipinski definition) is 2. The third-order valence-corrected chi connectivity index (χ3v) is 7.41. The van der Waals surface area contributed by atoms with Crippen molar-refractivity contribution in [1.82, 2.24) is 0 Å². The zero-order chi connectivity index (χ0) is 27.0. The minimum atomic E-state index is 0.810. The Morgan fingerprint density at radius 3 is 1.13 bits per heavy atom. The van der Waals surface area contributed by atoms with E-state index in [1.54, 1.807) is 0 Å². The minimum absolute atomic E-state index is 0.810. The van der Waals surface area contributed by atoms with Crippen LogP contribution in [0.25, 0.3) is 0 Å². The highest BCUT2D eigenvalue weighted by molar-refractivity contribution is 5.44. The van der Waals surface area contributed by atoms with Gasteiger partial charge in [-0.2, -0.15) is 0 Å². The summed E-state index contributed by atoms with van der Waals surface area (Å²) in [5.74, 6) is 0. The Bertz CT molecular complexity index is 1480. The number of benzene rings is 5. The lowest BCUT2D eigenvalue weighted by Gasteiger charge is -2.13. The van der Waals surface area contributed by atoms with Gasteiger partial charge in [0.1, 0.15) is 0 Å². The van der Waals surface area contributed by atoms with Crippen molar-refractivity contribution in [3.63, 3.8) is 0 Å². The standard InChI is InChI=1S/C37H38N2/c1-2-3-34-26-33(12-17-35(34)25-32-15-20-37(39)21-16-32)24-30-10-8-28(9-11-30)22-27-4-6-29(7-5-27)23-31-13-18-36(38)19-14-31/h4-21,26H,2-3,22-25,38-39H2,1H3. The van der Waals surface area contributed by atoms with Crippen LogP contribution in [0.4, 0.5) is 11.4 Å². The van der Waals surface area contributed by atoms with Gasteiger partial charge in [-0.25, -0.2) is 0 Å². The number of nitrogens with two attached hydrogens (primary N) is 2. The molecular weight excluding hydrogens is 472 g/mol. The van der Waals surface area contributed by atoms with Crippen molar-refractivity contribution in [3.8, 4) is 0 Å². The lowest BCUT2D eigenvalue weighted by atomic mass is 9.93. The fraction of sp³-hybridized carbons (Fsp3) is 0.189. The van der Waals surface area contributed by atoms with Crippen LogP contribution in [0.1, 0.15) is 63.4 Å². The molecule has 2 nitrogen and oxygen atoms in total. The first-order valence-corrected chi connectivity index (χ1v) is 14.0. The zero-order valence-corrected chi connectivity index (χ0v) is 22.9. The maximum absolute atomic E-state index is 5.87. The molecular formula is C37H38N2. The van der Waals surface area contributed by atoms with Gasteiger partial charge >= 0.3 is 0 Å². The van der Waals surface area contributed by atoms with Gasteiger partial charge in [-0.05, 0) is 106 Å². The molecule has 0 heterocycles. The van der Waals surface area contributed by atoms with Crippen molar-refractivity contribution in [2.24, 2.45) is 0 Å². The lowest BCUT2D eigenvalue weighted by Crippen LogP contribution is -1.99. The highest BCUT2D eigenvalue weighted by atomic mass is 14.5. The average molecular weight is 511 g/mol. The molecule has 0 aliphatic rings. The van der Waals surface area contributed by atoms with Crippen LogP contribution >= 0.6 is 0 Å². The van der Waals surface area contributed by atoms with Gasteiger partial charge in [-0.3, -0.25) is 0 Å². The number of aryl methyl sites for hydroxylation is 1. The first kappa shape index (κ1) is 26.3. The molecule has 2 heteroatoms. The summed E-state index contributed by atoms with van der Waals surface area (Å²) >= 11 is 0. The molecule has 0 unspecified atom stereocenters. The second-order valence-electron chi connectivity index (χ2n) is 10.7. The van der Waals surface area contributed by atoms with Gasteiger partial charge < -0.3 is 11.5 Å². The molecule has 0 amide bonds. The van der Waals surface area contributed by atoms with E-state index in [0.29, 0.717) is 0 Å². The number of anilines is 2. The van der Waals surface area contributed by atoms with Crippen molar-refractivity contribution >= 4 is 11.4 Å². The Morgan fingerprint density at radius 1 is 0.385 bits per heavy atom.